The van der Waals surface area contributed by atoms with Gasteiger partial charge in [0.2, 0.25) is 0 Å². The standard InChI is InChI=1S/C20H22FN3O2.C2H6/c1-26-17-8-3-2-7-16(21)18(17)14-6-4-5-12-9-10-13(11-15(12)14)19(25)24-20(22)23;1-2/h6,8-11H,2-5,7H2,1H3,(H4,22,23,24,25);1-2H3. The third kappa shape index (κ3) is 4.68. The monoisotopic (exact) mass is 385 g/mol. The Hall–Kier alpha value is -2.89. The summed E-state index contributed by atoms with van der Waals surface area (Å²) >= 11 is 0. The molecule has 4 N–H and O–H groups in total. The highest BCUT2D eigenvalue weighted by atomic mass is 19.1. The summed E-state index contributed by atoms with van der Waals surface area (Å²) in [6.07, 6.45) is 7.44. The fourth-order valence-corrected chi connectivity index (χ4v) is 3.39. The van der Waals surface area contributed by atoms with E-state index in [0.29, 0.717) is 23.3 Å². The predicted molar refractivity (Wildman–Crippen MR) is 111 cm³/mol. The number of ether oxygens (including phenoxy) is 1. The van der Waals surface area contributed by atoms with Crippen LogP contribution in [0.1, 0.15) is 61.0 Å². The Morgan fingerprint density at radius 1 is 1.14 bits per heavy atom. The number of carbonyl (C=O) groups excluding carboxylic acids is 1. The number of allylic oxidation sites excluding steroid dienone is 4. The van der Waals surface area contributed by atoms with Crippen LogP contribution < -0.4 is 11.5 Å². The summed E-state index contributed by atoms with van der Waals surface area (Å²) in [5, 5.41) is 0. The van der Waals surface area contributed by atoms with Crippen molar-refractivity contribution < 1.29 is 13.9 Å². The van der Waals surface area contributed by atoms with Crippen LogP contribution in [0.5, 0.6) is 0 Å². The number of nitrogens with zero attached hydrogens (tertiary/aromatic N) is 1. The van der Waals surface area contributed by atoms with Gasteiger partial charge in [0.15, 0.2) is 5.96 Å². The first-order valence-corrected chi connectivity index (χ1v) is 9.62. The number of hydrogen-bond donors (Lipinski definition) is 2. The van der Waals surface area contributed by atoms with Gasteiger partial charge in [-0.1, -0.05) is 26.0 Å². The Labute approximate surface area is 165 Å². The Kier molecular flexibility index (Phi) is 7.55. The molecule has 2 aliphatic rings. The van der Waals surface area contributed by atoms with E-state index in [0.717, 1.165) is 42.4 Å². The second kappa shape index (κ2) is 9.88. The molecule has 0 unspecified atom stereocenters. The Morgan fingerprint density at radius 2 is 1.89 bits per heavy atom. The topological polar surface area (TPSA) is 90.7 Å². The Morgan fingerprint density at radius 3 is 2.57 bits per heavy atom. The molecule has 0 aliphatic heterocycles. The van der Waals surface area contributed by atoms with E-state index in [9.17, 15) is 9.18 Å². The molecule has 3 rings (SSSR count). The molecule has 0 fully saturated rings. The number of fused-ring (bicyclic) bond motifs is 1. The van der Waals surface area contributed by atoms with Gasteiger partial charge < -0.3 is 16.2 Å². The third-order valence-corrected chi connectivity index (χ3v) is 4.58. The summed E-state index contributed by atoms with van der Waals surface area (Å²) in [6.45, 7) is 4.00. The van der Waals surface area contributed by atoms with Crippen LogP contribution in [-0.4, -0.2) is 19.0 Å². The van der Waals surface area contributed by atoms with Crippen molar-refractivity contribution in [2.45, 2.75) is 46.0 Å². The van der Waals surface area contributed by atoms with Gasteiger partial charge in [0, 0.05) is 12.0 Å². The van der Waals surface area contributed by atoms with Crippen LogP contribution in [-0.2, 0) is 11.2 Å². The largest absolute Gasteiger partial charge is 0.496 e. The van der Waals surface area contributed by atoms with Crippen LogP contribution >= 0.6 is 0 Å². The first kappa shape index (κ1) is 21.4. The molecule has 0 bridgehead atoms. The van der Waals surface area contributed by atoms with E-state index in [-0.39, 0.29) is 11.8 Å². The number of guanidine groups is 1. The highest BCUT2D eigenvalue weighted by Gasteiger charge is 2.25. The van der Waals surface area contributed by atoms with Gasteiger partial charge >= 0.3 is 0 Å². The molecule has 0 saturated heterocycles. The minimum absolute atomic E-state index is 0.185. The van der Waals surface area contributed by atoms with E-state index in [2.05, 4.69) is 4.99 Å². The number of carbonyl (C=O) groups is 1. The zero-order valence-electron chi connectivity index (χ0n) is 16.7. The van der Waals surface area contributed by atoms with Crippen LogP contribution in [0.3, 0.4) is 0 Å². The number of nitrogens with two attached hydrogens (primary N) is 2. The summed E-state index contributed by atoms with van der Waals surface area (Å²) in [5.74, 6) is -0.447. The first-order chi connectivity index (χ1) is 13.5. The van der Waals surface area contributed by atoms with Gasteiger partial charge in [0.1, 0.15) is 11.6 Å². The van der Waals surface area contributed by atoms with Crippen molar-refractivity contribution in [1.29, 1.82) is 0 Å². The van der Waals surface area contributed by atoms with E-state index in [1.54, 1.807) is 19.2 Å². The molecule has 6 heteroatoms. The van der Waals surface area contributed by atoms with Crippen LogP contribution in [0.15, 0.2) is 52.5 Å². The molecule has 1 aromatic carbocycles. The lowest BCUT2D eigenvalue weighted by atomic mass is 9.84. The number of rotatable bonds is 3. The Balaban J connectivity index is 0.00000136. The molecular formula is C22H28FN3O2. The fraction of sp³-hybridized carbons (Fsp3) is 0.364. The molecular weight excluding hydrogens is 357 g/mol. The average molecular weight is 385 g/mol. The predicted octanol–water partition coefficient (Wildman–Crippen LogP) is 4.39. The lowest BCUT2D eigenvalue weighted by Crippen LogP contribution is -2.24. The minimum atomic E-state index is -0.518. The average Bonchev–Trinajstić information content (AvgIpc) is 2.89. The molecule has 5 nitrogen and oxygen atoms in total. The minimum Gasteiger partial charge on any atom is -0.496 e. The second-order valence-corrected chi connectivity index (χ2v) is 6.31. The number of amides is 1. The van der Waals surface area contributed by atoms with E-state index in [1.165, 1.54) is 0 Å². The summed E-state index contributed by atoms with van der Waals surface area (Å²) < 4.78 is 20.3. The number of methoxy groups -OCH3 is 1. The van der Waals surface area contributed by atoms with E-state index < -0.39 is 5.91 Å². The quantitative estimate of drug-likeness (QED) is 0.596. The van der Waals surface area contributed by atoms with Crippen molar-refractivity contribution in [3.8, 4) is 0 Å². The smallest absolute Gasteiger partial charge is 0.280 e. The molecule has 0 saturated carbocycles. The number of aryl methyl sites for hydroxylation is 1. The number of aliphatic imine (C=N–C) groups is 1. The number of hydrogen-bond acceptors (Lipinski definition) is 2. The molecule has 28 heavy (non-hydrogen) atoms. The van der Waals surface area contributed by atoms with Gasteiger partial charge in [-0.3, -0.25) is 4.79 Å². The van der Waals surface area contributed by atoms with Crippen molar-refractivity contribution in [3.63, 3.8) is 0 Å². The second-order valence-electron chi connectivity index (χ2n) is 6.31. The summed E-state index contributed by atoms with van der Waals surface area (Å²) in [5.41, 5.74) is 14.1. The van der Waals surface area contributed by atoms with E-state index >= 15 is 0 Å². The molecule has 0 spiro atoms. The van der Waals surface area contributed by atoms with Gasteiger partial charge in [-0.2, -0.15) is 4.99 Å². The maximum atomic E-state index is 14.9. The third-order valence-electron chi connectivity index (χ3n) is 4.58. The first-order valence-electron chi connectivity index (χ1n) is 9.62. The summed E-state index contributed by atoms with van der Waals surface area (Å²) in [6, 6.07) is 5.30. The normalized spacial score (nSPS) is 15.9. The molecule has 150 valence electrons. The molecule has 1 amide bonds. The maximum absolute atomic E-state index is 14.9. The zero-order chi connectivity index (χ0) is 20.7. The van der Waals surface area contributed by atoms with Gasteiger partial charge in [-0.05, 0) is 60.6 Å². The molecule has 1 aromatic rings. The Bertz CT molecular complexity index is 863. The van der Waals surface area contributed by atoms with Crippen molar-refractivity contribution in [1.82, 2.24) is 0 Å². The molecule has 0 aromatic heterocycles. The highest BCUT2D eigenvalue weighted by Crippen LogP contribution is 2.40. The lowest BCUT2D eigenvalue weighted by Gasteiger charge is -2.22. The van der Waals surface area contributed by atoms with Crippen molar-refractivity contribution in [2.75, 3.05) is 7.11 Å². The maximum Gasteiger partial charge on any atom is 0.280 e. The molecule has 0 heterocycles. The van der Waals surface area contributed by atoms with Crippen LogP contribution in [0, 0.1) is 0 Å². The number of halogens is 1. The van der Waals surface area contributed by atoms with Crippen molar-refractivity contribution in [2.24, 2.45) is 16.5 Å². The van der Waals surface area contributed by atoms with Crippen molar-refractivity contribution in [3.05, 3.63) is 64.2 Å². The van der Waals surface area contributed by atoms with Gasteiger partial charge in [-0.15, -0.1) is 0 Å². The van der Waals surface area contributed by atoms with Crippen LogP contribution in [0.25, 0.3) is 5.57 Å². The van der Waals surface area contributed by atoms with E-state index in [1.807, 2.05) is 32.1 Å². The zero-order valence-corrected chi connectivity index (χ0v) is 16.7. The van der Waals surface area contributed by atoms with E-state index in [4.69, 9.17) is 16.2 Å². The number of benzene rings is 1. The highest BCUT2D eigenvalue weighted by molar-refractivity contribution is 6.03. The lowest BCUT2D eigenvalue weighted by molar-refractivity contribution is 0.100. The van der Waals surface area contributed by atoms with Crippen LogP contribution in [0.4, 0.5) is 4.39 Å². The van der Waals surface area contributed by atoms with Gasteiger partial charge in [-0.25, -0.2) is 4.39 Å². The van der Waals surface area contributed by atoms with Crippen LogP contribution in [0.2, 0.25) is 0 Å². The van der Waals surface area contributed by atoms with Gasteiger partial charge in [0.05, 0.1) is 12.7 Å². The summed E-state index contributed by atoms with van der Waals surface area (Å²) in [4.78, 5) is 15.8. The molecule has 0 atom stereocenters. The van der Waals surface area contributed by atoms with Gasteiger partial charge in [0.25, 0.3) is 5.91 Å². The molecule has 2 aliphatic carbocycles. The fourth-order valence-electron chi connectivity index (χ4n) is 3.39. The van der Waals surface area contributed by atoms with Crippen molar-refractivity contribution >= 4 is 17.4 Å². The SMILES string of the molecule is CC.COC1=CCCCC(F)=C1C1=CCCc2ccc(C(=O)N=C(N)N)cc21. The summed E-state index contributed by atoms with van der Waals surface area (Å²) in [7, 11) is 1.55. The molecule has 0 radical (unpaired) electrons.